The molecule has 8 heteroatoms. The smallest absolute Gasteiger partial charge is 0.420 e. The number of Topliss-reactive ketones (excluding diaryl/α,β-unsaturated/α-hetero) is 1. The molecule has 0 unspecified atom stereocenters. The van der Waals surface area contributed by atoms with E-state index in [9.17, 15) is 18.0 Å². The van der Waals surface area contributed by atoms with Gasteiger partial charge in [-0.2, -0.15) is 18.2 Å². The molecule has 0 saturated carbocycles. The van der Waals surface area contributed by atoms with E-state index >= 15 is 0 Å². The van der Waals surface area contributed by atoms with Crippen molar-refractivity contribution in [2.75, 3.05) is 24.5 Å². The first-order valence-corrected chi connectivity index (χ1v) is 9.59. The first-order valence-electron chi connectivity index (χ1n) is 9.59. The third-order valence-corrected chi connectivity index (χ3v) is 5.29. The van der Waals surface area contributed by atoms with Crippen LogP contribution in [0.4, 0.5) is 19.2 Å². The lowest BCUT2D eigenvalue weighted by molar-refractivity contribution is -0.141. The predicted octanol–water partition coefficient (Wildman–Crippen LogP) is 3.75. The number of benzene rings is 1. The van der Waals surface area contributed by atoms with Crippen LogP contribution in [0.1, 0.15) is 52.2 Å². The average Bonchev–Trinajstić information content (AvgIpc) is 3.15. The molecule has 1 N–H and O–H groups in total. The second-order valence-electron chi connectivity index (χ2n) is 7.35. The standard InChI is InChI=1S/C20H22F3N3O2/c21-20(22,23)18-17(28-19(25-18)26-8-2-1-3-9-26)16(27)11-13-4-5-15-12-24-7-6-14(15)10-13/h4-5,10,24H,1-3,6-9,11-12H2. The van der Waals surface area contributed by atoms with Crippen molar-refractivity contribution in [3.05, 3.63) is 46.3 Å². The second-order valence-corrected chi connectivity index (χ2v) is 7.35. The Bertz CT molecular complexity index is 870. The predicted molar refractivity (Wildman–Crippen MR) is 97.5 cm³/mol. The van der Waals surface area contributed by atoms with Crippen molar-refractivity contribution in [1.29, 1.82) is 0 Å². The minimum Gasteiger partial charge on any atom is -0.420 e. The number of rotatable bonds is 4. The number of carbonyl (C=O) groups is 1. The van der Waals surface area contributed by atoms with Gasteiger partial charge in [0.15, 0.2) is 5.69 Å². The van der Waals surface area contributed by atoms with Crippen LogP contribution in [0.3, 0.4) is 0 Å². The van der Waals surface area contributed by atoms with Gasteiger partial charge in [-0.15, -0.1) is 0 Å². The maximum atomic E-state index is 13.5. The van der Waals surface area contributed by atoms with Crippen LogP contribution in [0.5, 0.6) is 0 Å². The highest BCUT2D eigenvalue weighted by Crippen LogP contribution is 2.35. The summed E-state index contributed by atoms with van der Waals surface area (Å²) in [6.07, 6.45) is -1.26. The first kappa shape index (κ1) is 19.0. The van der Waals surface area contributed by atoms with E-state index in [-0.39, 0.29) is 12.4 Å². The van der Waals surface area contributed by atoms with E-state index in [0.29, 0.717) is 18.7 Å². The molecule has 4 rings (SSSR count). The van der Waals surface area contributed by atoms with Gasteiger partial charge < -0.3 is 14.6 Å². The summed E-state index contributed by atoms with van der Waals surface area (Å²) in [5, 5.41) is 3.27. The molecule has 1 saturated heterocycles. The third-order valence-electron chi connectivity index (χ3n) is 5.29. The molecule has 2 aliphatic rings. The van der Waals surface area contributed by atoms with Crippen LogP contribution in [0.15, 0.2) is 22.6 Å². The van der Waals surface area contributed by atoms with E-state index in [4.69, 9.17) is 4.42 Å². The van der Waals surface area contributed by atoms with Crippen LogP contribution in [0.2, 0.25) is 0 Å². The fourth-order valence-electron chi connectivity index (χ4n) is 3.82. The number of halogens is 3. The molecule has 1 fully saturated rings. The van der Waals surface area contributed by atoms with Gasteiger partial charge in [-0.3, -0.25) is 4.79 Å². The minimum atomic E-state index is -4.73. The topological polar surface area (TPSA) is 58.4 Å². The van der Waals surface area contributed by atoms with Gasteiger partial charge in [0.2, 0.25) is 11.5 Å². The normalized spacial score (nSPS) is 17.5. The molecule has 3 heterocycles. The van der Waals surface area contributed by atoms with Gasteiger partial charge >= 0.3 is 6.18 Å². The Morgan fingerprint density at radius 3 is 2.71 bits per heavy atom. The number of nitrogens with one attached hydrogen (secondary N) is 1. The highest BCUT2D eigenvalue weighted by molar-refractivity contribution is 5.96. The number of nitrogens with zero attached hydrogens (tertiary/aromatic N) is 2. The number of fused-ring (bicyclic) bond motifs is 1. The van der Waals surface area contributed by atoms with Crippen molar-refractivity contribution in [1.82, 2.24) is 10.3 Å². The van der Waals surface area contributed by atoms with Crippen molar-refractivity contribution in [3.8, 4) is 0 Å². The highest BCUT2D eigenvalue weighted by Gasteiger charge is 2.41. The zero-order valence-corrected chi connectivity index (χ0v) is 15.4. The molecule has 0 aliphatic carbocycles. The molecular formula is C20H22F3N3O2. The number of hydrogen-bond donors (Lipinski definition) is 1. The Balaban J connectivity index is 1.60. The Morgan fingerprint density at radius 2 is 1.96 bits per heavy atom. The molecule has 2 aromatic rings. The number of ketones is 1. The maximum absolute atomic E-state index is 13.5. The quantitative estimate of drug-likeness (QED) is 0.802. The van der Waals surface area contributed by atoms with Crippen molar-refractivity contribution in [2.45, 2.75) is 44.8 Å². The lowest BCUT2D eigenvalue weighted by Crippen LogP contribution is -2.29. The number of anilines is 1. The molecule has 0 bridgehead atoms. The van der Waals surface area contributed by atoms with Crippen LogP contribution in [-0.4, -0.2) is 30.4 Å². The summed E-state index contributed by atoms with van der Waals surface area (Å²) < 4.78 is 45.7. The maximum Gasteiger partial charge on any atom is 0.437 e. The number of carbonyl (C=O) groups excluding carboxylic acids is 1. The van der Waals surface area contributed by atoms with Gasteiger partial charge in [0.25, 0.3) is 6.01 Å². The Labute approximate surface area is 160 Å². The molecular weight excluding hydrogens is 371 g/mol. The summed E-state index contributed by atoms with van der Waals surface area (Å²) in [5.74, 6) is -1.38. The van der Waals surface area contributed by atoms with Crippen molar-refractivity contribution in [2.24, 2.45) is 0 Å². The van der Waals surface area contributed by atoms with Crippen molar-refractivity contribution >= 4 is 11.8 Å². The van der Waals surface area contributed by atoms with E-state index in [1.165, 1.54) is 0 Å². The molecule has 1 aromatic carbocycles. The fourth-order valence-corrected chi connectivity index (χ4v) is 3.82. The molecule has 0 atom stereocenters. The molecule has 0 spiro atoms. The number of alkyl halides is 3. The van der Waals surface area contributed by atoms with Crippen LogP contribution < -0.4 is 10.2 Å². The third kappa shape index (κ3) is 3.92. The van der Waals surface area contributed by atoms with Gasteiger partial charge in [-0.05, 0) is 48.9 Å². The van der Waals surface area contributed by atoms with E-state index < -0.39 is 23.4 Å². The molecule has 1 aromatic heterocycles. The summed E-state index contributed by atoms with van der Waals surface area (Å²) in [7, 11) is 0. The molecule has 150 valence electrons. The first-order chi connectivity index (χ1) is 13.4. The highest BCUT2D eigenvalue weighted by atomic mass is 19.4. The monoisotopic (exact) mass is 393 g/mol. The summed E-state index contributed by atoms with van der Waals surface area (Å²) in [5.41, 5.74) is 1.76. The average molecular weight is 393 g/mol. The minimum absolute atomic E-state index is 0.105. The van der Waals surface area contributed by atoms with Gasteiger partial charge in [-0.1, -0.05) is 18.2 Å². The van der Waals surface area contributed by atoms with Crippen LogP contribution >= 0.6 is 0 Å². The largest absolute Gasteiger partial charge is 0.437 e. The SMILES string of the molecule is O=C(Cc1ccc2c(c1)CCNC2)c1oc(N2CCCCC2)nc1C(F)(F)F. The second kappa shape index (κ2) is 7.58. The zero-order valence-electron chi connectivity index (χ0n) is 15.4. The van der Waals surface area contributed by atoms with Gasteiger partial charge in [0, 0.05) is 26.1 Å². The number of piperidine rings is 1. The van der Waals surface area contributed by atoms with Gasteiger partial charge in [0.05, 0.1) is 0 Å². The van der Waals surface area contributed by atoms with E-state index in [0.717, 1.165) is 49.9 Å². The van der Waals surface area contributed by atoms with Crippen molar-refractivity contribution in [3.63, 3.8) is 0 Å². The van der Waals surface area contributed by atoms with Gasteiger partial charge in [0.1, 0.15) is 0 Å². The summed E-state index contributed by atoms with van der Waals surface area (Å²) in [6.45, 7) is 2.79. The van der Waals surface area contributed by atoms with E-state index in [1.807, 2.05) is 12.1 Å². The number of hydrogen-bond acceptors (Lipinski definition) is 5. The summed E-state index contributed by atoms with van der Waals surface area (Å²) >= 11 is 0. The molecule has 28 heavy (non-hydrogen) atoms. The molecule has 0 amide bonds. The van der Waals surface area contributed by atoms with Gasteiger partial charge in [-0.25, -0.2) is 0 Å². The molecule has 5 nitrogen and oxygen atoms in total. The zero-order chi connectivity index (χ0) is 19.7. The number of aromatic nitrogens is 1. The molecule has 2 aliphatic heterocycles. The molecule has 0 radical (unpaired) electrons. The van der Waals surface area contributed by atoms with Crippen LogP contribution in [0, 0.1) is 0 Å². The van der Waals surface area contributed by atoms with Crippen LogP contribution in [-0.2, 0) is 25.6 Å². The Morgan fingerprint density at radius 1 is 1.18 bits per heavy atom. The van der Waals surface area contributed by atoms with Crippen molar-refractivity contribution < 1.29 is 22.4 Å². The van der Waals surface area contributed by atoms with E-state index in [2.05, 4.69) is 10.3 Å². The summed E-state index contributed by atoms with van der Waals surface area (Å²) in [6, 6.07) is 5.52. The Kier molecular flexibility index (Phi) is 5.14. The van der Waals surface area contributed by atoms with E-state index in [1.54, 1.807) is 11.0 Å². The summed E-state index contributed by atoms with van der Waals surface area (Å²) in [4.78, 5) is 18.0. The van der Waals surface area contributed by atoms with Crippen LogP contribution in [0.25, 0.3) is 0 Å². The fraction of sp³-hybridized carbons (Fsp3) is 0.500. The number of oxazole rings is 1. The lowest BCUT2D eigenvalue weighted by atomic mass is 9.96. The Hall–Kier alpha value is -2.35. The lowest BCUT2D eigenvalue weighted by Gasteiger charge is -2.24.